The SMILES string of the molecule is CCC[C@H]1CCc2nc(NC(=O)[C@@H]3COCCN3)sc2C1. The van der Waals surface area contributed by atoms with Crippen LogP contribution in [0, 0.1) is 5.92 Å². The van der Waals surface area contributed by atoms with Gasteiger partial charge in [0, 0.05) is 11.4 Å². The zero-order valence-electron chi connectivity index (χ0n) is 12.5. The minimum absolute atomic E-state index is 0.0362. The lowest BCUT2D eigenvalue weighted by Gasteiger charge is -2.22. The Hall–Kier alpha value is -0.980. The van der Waals surface area contributed by atoms with Crippen LogP contribution in [0.3, 0.4) is 0 Å². The largest absolute Gasteiger partial charge is 0.378 e. The number of thiazole rings is 1. The number of nitrogens with zero attached hydrogens (tertiary/aromatic N) is 1. The van der Waals surface area contributed by atoms with Crippen LogP contribution in [0.15, 0.2) is 0 Å². The third-order valence-electron chi connectivity index (χ3n) is 4.21. The maximum atomic E-state index is 12.2. The van der Waals surface area contributed by atoms with Crippen LogP contribution in [0.2, 0.25) is 0 Å². The predicted octanol–water partition coefficient (Wildman–Crippen LogP) is 1.97. The van der Waals surface area contributed by atoms with Gasteiger partial charge in [-0.05, 0) is 25.2 Å². The molecule has 1 aliphatic heterocycles. The van der Waals surface area contributed by atoms with Gasteiger partial charge in [-0.25, -0.2) is 4.98 Å². The molecule has 2 N–H and O–H groups in total. The first-order chi connectivity index (χ1) is 10.3. The molecule has 1 aliphatic carbocycles. The number of anilines is 1. The van der Waals surface area contributed by atoms with E-state index in [1.54, 1.807) is 11.3 Å². The van der Waals surface area contributed by atoms with Gasteiger partial charge in [0.05, 0.1) is 18.9 Å². The summed E-state index contributed by atoms with van der Waals surface area (Å²) in [5.74, 6) is 0.755. The molecule has 0 aromatic carbocycles. The van der Waals surface area contributed by atoms with Crippen LogP contribution in [0.5, 0.6) is 0 Å². The van der Waals surface area contributed by atoms with E-state index in [1.807, 2.05) is 0 Å². The molecule has 5 nitrogen and oxygen atoms in total. The molecule has 3 rings (SSSR count). The molecule has 1 aromatic heterocycles. The Morgan fingerprint density at radius 2 is 2.48 bits per heavy atom. The summed E-state index contributed by atoms with van der Waals surface area (Å²) in [7, 11) is 0. The van der Waals surface area contributed by atoms with Gasteiger partial charge in [0.1, 0.15) is 6.04 Å². The van der Waals surface area contributed by atoms with Crippen LogP contribution in [0.4, 0.5) is 5.13 Å². The van der Waals surface area contributed by atoms with Crippen molar-refractivity contribution in [3.8, 4) is 0 Å². The monoisotopic (exact) mass is 309 g/mol. The van der Waals surface area contributed by atoms with E-state index in [-0.39, 0.29) is 11.9 Å². The Morgan fingerprint density at radius 3 is 3.24 bits per heavy atom. The molecule has 2 heterocycles. The topological polar surface area (TPSA) is 63.2 Å². The highest BCUT2D eigenvalue weighted by molar-refractivity contribution is 7.15. The lowest BCUT2D eigenvalue weighted by Crippen LogP contribution is -2.48. The number of aryl methyl sites for hydroxylation is 1. The quantitative estimate of drug-likeness (QED) is 0.892. The summed E-state index contributed by atoms with van der Waals surface area (Å²) in [4.78, 5) is 18.1. The molecule has 1 fully saturated rings. The highest BCUT2D eigenvalue weighted by Gasteiger charge is 2.25. The minimum atomic E-state index is -0.257. The van der Waals surface area contributed by atoms with Crippen LogP contribution in [-0.4, -0.2) is 36.7 Å². The second kappa shape index (κ2) is 6.85. The standard InChI is InChI=1S/C15H23N3O2S/c1-2-3-10-4-5-11-13(8-10)21-15(17-11)18-14(19)12-9-20-7-6-16-12/h10,12,16H,2-9H2,1H3,(H,17,18,19)/t10-,12-/m0/s1. The third-order valence-corrected chi connectivity index (χ3v) is 5.24. The van der Waals surface area contributed by atoms with Gasteiger partial charge in [-0.15, -0.1) is 11.3 Å². The summed E-state index contributed by atoms with van der Waals surface area (Å²) in [5.41, 5.74) is 1.19. The maximum absolute atomic E-state index is 12.2. The first kappa shape index (κ1) is 14.9. The van der Waals surface area contributed by atoms with Crippen molar-refractivity contribution >= 4 is 22.4 Å². The average molecular weight is 309 g/mol. The van der Waals surface area contributed by atoms with E-state index < -0.39 is 0 Å². The van der Waals surface area contributed by atoms with Crippen molar-refractivity contribution in [2.24, 2.45) is 5.92 Å². The van der Waals surface area contributed by atoms with Crippen molar-refractivity contribution in [3.05, 3.63) is 10.6 Å². The smallest absolute Gasteiger partial charge is 0.245 e. The molecule has 1 saturated heterocycles. The van der Waals surface area contributed by atoms with E-state index >= 15 is 0 Å². The second-order valence-corrected chi connectivity index (χ2v) is 6.94. The zero-order valence-corrected chi connectivity index (χ0v) is 13.3. The van der Waals surface area contributed by atoms with Crippen molar-refractivity contribution in [1.82, 2.24) is 10.3 Å². The molecular weight excluding hydrogens is 286 g/mol. The third kappa shape index (κ3) is 3.62. The van der Waals surface area contributed by atoms with Crippen molar-refractivity contribution in [2.75, 3.05) is 25.1 Å². The molecule has 1 aromatic rings. The molecule has 21 heavy (non-hydrogen) atoms. The summed E-state index contributed by atoms with van der Waals surface area (Å²) in [5, 5.41) is 6.85. The Balaban J connectivity index is 1.61. The van der Waals surface area contributed by atoms with Crippen LogP contribution >= 0.6 is 11.3 Å². The molecule has 116 valence electrons. The fraction of sp³-hybridized carbons (Fsp3) is 0.733. The number of carbonyl (C=O) groups is 1. The van der Waals surface area contributed by atoms with Crippen LogP contribution in [-0.2, 0) is 22.4 Å². The molecule has 0 unspecified atom stereocenters. The molecule has 0 radical (unpaired) electrons. The zero-order chi connectivity index (χ0) is 14.7. The maximum Gasteiger partial charge on any atom is 0.245 e. The molecule has 2 atom stereocenters. The lowest BCUT2D eigenvalue weighted by atomic mass is 9.88. The van der Waals surface area contributed by atoms with Crippen molar-refractivity contribution < 1.29 is 9.53 Å². The first-order valence-corrected chi connectivity index (χ1v) is 8.68. The van der Waals surface area contributed by atoms with Crippen LogP contribution < -0.4 is 10.6 Å². The van der Waals surface area contributed by atoms with E-state index in [9.17, 15) is 4.79 Å². The van der Waals surface area contributed by atoms with Crippen molar-refractivity contribution in [2.45, 2.75) is 45.1 Å². The molecule has 1 amide bonds. The van der Waals surface area contributed by atoms with Gasteiger partial charge in [-0.3, -0.25) is 4.79 Å². The van der Waals surface area contributed by atoms with Gasteiger partial charge < -0.3 is 15.4 Å². The Bertz CT molecular complexity index is 497. The summed E-state index contributed by atoms with van der Waals surface area (Å²) in [6.45, 7) is 4.09. The Labute approximate surface area is 129 Å². The summed E-state index contributed by atoms with van der Waals surface area (Å²) >= 11 is 1.65. The molecule has 0 bridgehead atoms. The molecule has 2 aliphatic rings. The predicted molar refractivity (Wildman–Crippen MR) is 83.8 cm³/mol. The highest BCUT2D eigenvalue weighted by atomic mass is 32.1. The van der Waals surface area contributed by atoms with Gasteiger partial charge in [-0.2, -0.15) is 0 Å². The Morgan fingerprint density at radius 1 is 1.57 bits per heavy atom. The molecular formula is C15H23N3O2S. The number of hydrogen-bond donors (Lipinski definition) is 2. The number of hydrogen-bond acceptors (Lipinski definition) is 5. The van der Waals surface area contributed by atoms with Gasteiger partial charge in [-0.1, -0.05) is 19.8 Å². The van der Waals surface area contributed by atoms with E-state index in [2.05, 4.69) is 22.5 Å². The van der Waals surface area contributed by atoms with Gasteiger partial charge in [0.25, 0.3) is 0 Å². The van der Waals surface area contributed by atoms with Crippen LogP contribution in [0.25, 0.3) is 0 Å². The fourth-order valence-electron chi connectivity index (χ4n) is 3.08. The number of ether oxygens (including phenoxy) is 1. The second-order valence-electron chi connectivity index (χ2n) is 5.86. The average Bonchev–Trinajstić information content (AvgIpc) is 2.90. The number of fused-ring (bicyclic) bond motifs is 1. The van der Waals surface area contributed by atoms with Gasteiger partial charge in [0.2, 0.25) is 5.91 Å². The molecule has 0 spiro atoms. The summed E-state index contributed by atoms with van der Waals surface area (Å²) < 4.78 is 5.32. The normalized spacial score (nSPS) is 25.4. The molecule has 6 heteroatoms. The van der Waals surface area contributed by atoms with Crippen LogP contribution in [0.1, 0.15) is 36.8 Å². The first-order valence-electron chi connectivity index (χ1n) is 7.87. The van der Waals surface area contributed by atoms with E-state index in [0.29, 0.717) is 13.2 Å². The lowest BCUT2D eigenvalue weighted by molar-refractivity contribution is -0.120. The summed E-state index contributed by atoms with van der Waals surface area (Å²) in [6, 6.07) is -0.257. The van der Waals surface area contributed by atoms with E-state index in [4.69, 9.17) is 4.74 Å². The van der Waals surface area contributed by atoms with E-state index in [0.717, 1.165) is 30.4 Å². The minimum Gasteiger partial charge on any atom is -0.378 e. The number of morpholine rings is 1. The number of aromatic nitrogens is 1. The number of rotatable bonds is 4. The van der Waals surface area contributed by atoms with Gasteiger partial charge >= 0.3 is 0 Å². The fourth-order valence-corrected chi connectivity index (χ4v) is 4.20. The molecule has 0 saturated carbocycles. The number of amides is 1. The van der Waals surface area contributed by atoms with Crippen molar-refractivity contribution in [1.29, 1.82) is 0 Å². The number of nitrogens with one attached hydrogen (secondary N) is 2. The van der Waals surface area contributed by atoms with E-state index in [1.165, 1.54) is 29.8 Å². The highest BCUT2D eigenvalue weighted by Crippen LogP contribution is 2.34. The summed E-state index contributed by atoms with van der Waals surface area (Å²) in [6.07, 6.45) is 5.95. The number of carbonyl (C=O) groups excluding carboxylic acids is 1. The Kier molecular flexibility index (Phi) is 4.87. The van der Waals surface area contributed by atoms with Gasteiger partial charge in [0.15, 0.2) is 5.13 Å². The van der Waals surface area contributed by atoms with Crippen molar-refractivity contribution in [3.63, 3.8) is 0 Å².